The van der Waals surface area contributed by atoms with Gasteiger partial charge in [-0.05, 0) is 36.5 Å². The molecule has 2 aromatic rings. The van der Waals surface area contributed by atoms with E-state index in [1.165, 1.54) is 12.1 Å². The van der Waals surface area contributed by atoms with Crippen molar-refractivity contribution in [1.82, 2.24) is 10.7 Å². The third kappa shape index (κ3) is 6.16. The van der Waals surface area contributed by atoms with Crippen molar-refractivity contribution in [1.29, 1.82) is 0 Å². The van der Waals surface area contributed by atoms with Gasteiger partial charge in [-0.3, -0.25) is 10.1 Å². The Hall–Kier alpha value is -2.15. The van der Waals surface area contributed by atoms with Gasteiger partial charge in [-0.15, -0.1) is 0 Å². The molecule has 2 amide bonds. The fourth-order valence-electron chi connectivity index (χ4n) is 1.61. The number of thiocarbonyl (C=S) groups is 1. The van der Waals surface area contributed by atoms with Gasteiger partial charge >= 0.3 is 24.8 Å². The fourth-order valence-corrected chi connectivity index (χ4v) is 1.75. The zero-order chi connectivity index (χ0) is 17.9. The molecule has 129 valence electrons. The number of phenols is 1. The second-order valence-corrected chi connectivity index (χ2v) is 4.60. The minimum absolute atomic E-state index is 0.0344. The molecule has 0 unspecified atom stereocenters. The molecule has 0 fully saturated rings. The first-order chi connectivity index (χ1) is 11.6. The zero-order valence-electron chi connectivity index (χ0n) is 12.0. The summed E-state index contributed by atoms with van der Waals surface area (Å²) in [6.45, 7) is 0. The Kier molecular flexibility index (Phi) is 8.78. The molecule has 6 nitrogen and oxygen atoms in total. The van der Waals surface area contributed by atoms with Crippen LogP contribution in [0.15, 0.2) is 54.6 Å². The van der Waals surface area contributed by atoms with E-state index in [-0.39, 0.29) is 16.4 Å². The summed E-state index contributed by atoms with van der Waals surface area (Å²) in [4.78, 5) is 23.6. The van der Waals surface area contributed by atoms with Crippen LogP contribution in [0.3, 0.4) is 0 Å². The fraction of sp³-hybridized carbons (Fsp3) is 0. The molecule has 0 bridgehead atoms. The molecule has 0 spiro atoms. The molecule has 0 aliphatic rings. The van der Waals surface area contributed by atoms with Crippen LogP contribution >= 0.6 is 22.4 Å². The van der Waals surface area contributed by atoms with Crippen LogP contribution in [0.5, 0.6) is 5.75 Å². The number of para-hydroxylation sites is 1. The molecular weight excluding hydrogens is 396 g/mol. The first kappa shape index (κ1) is 19.9. The summed E-state index contributed by atoms with van der Waals surface area (Å²) < 4.78 is 0. The second-order valence-electron chi connectivity index (χ2n) is 4.20. The molecule has 0 radical (unpaired) electrons. The van der Waals surface area contributed by atoms with Gasteiger partial charge in [0.15, 0.2) is 5.11 Å². The van der Waals surface area contributed by atoms with Gasteiger partial charge in [0.25, 0.3) is 5.91 Å². The third-order valence-corrected chi connectivity index (χ3v) is 2.85. The molecule has 0 saturated heterocycles. The Morgan fingerprint density at radius 3 is 2.25 bits per heavy atom. The Morgan fingerprint density at radius 2 is 1.62 bits per heavy atom. The number of hydrogen-bond acceptors (Lipinski definition) is 4. The van der Waals surface area contributed by atoms with E-state index in [2.05, 4.69) is 40.9 Å². The van der Waals surface area contributed by atoms with E-state index in [0.717, 1.165) is 0 Å². The van der Waals surface area contributed by atoms with Crippen molar-refractivity contribution in [3.8, 4) is 5.75 Å². The Labute approximate surface area is 156 Å². The SMILES string of the molecule is O=C(NC(=S)N[N-]C(=O)c1ccccc1O)c1ccccc1.[Cl][Ni]. The predicted molar refractivity (Wildman–Crippen MR) is 91.3 cm³/mol. The predicted octanol–water partition coefficient (Wildman–Crippen LogP) is 2.81. The number of nitrogens with one attached hydrogen (secondary N) is 2. The number of aromatic hydroxyl groups is 1. The molecular formula is C15H12ClN3NiO3S-. The van der Waals surface area contributed by atoms with Gasteiger partial charge in [0.1, 0.15) is 11.7 Å². The van der Waals surface area contributed by atoms with E-state index >= 15 is 0 Å². The summed E-state index contributed by atoms with van der Waals surface area (Å²) in [5, 5.41) is 11.8. The van der Waals surface area contributed by atoms with Gasteiger partial charge in [0, 0.05) is 11.1 Å². The van der Waals surface area contributed by atoms with Crippen molar-refractivity contribution in [3.05, 3.63) is 71.1 Å². The summed E-state index contributed by atoms with van der Waals surface area (Å²) >= 11 is 8.23. The Morgan fingerprint density at radius 1 is 1.04 bits per heavy atom. The number of phenolic OH excluding ortho intramolecular Hbond substituents is 1. The van der Waals surface area contributed by atoms with Gasteiger partial charge in [0.2, 0.25) is 0 Å². The number of hydrogen-bond donors (Lipinski definition) is 3. The summed E-state index contributed by atoms with van der Waals surface area (Å²) in [5.74, 6) is -1.30. The number of rotatable bonds is 2. The van der Waals surface area contributed by atoms with Crippen molar-refractivity contribution < 1.29 is 29.3 Å². The first-order valence-corrected chi connectivity index (χ1v) is 8.16. The van der Waals surface area contributed by atoms with E-state index in [9.17, 15) is 14.7 Å². The average Bonchev–Trinajstić information content (AvgIpc) is 2.62. The molecule has 24 heavy (non-hydrogen) atoms. The number of amides is 2. The summed E-state index contributed by atoms with van der Waals surface area (Å²) in [5.41, 5.74) is 6.23. The number of halogens is 1. The van der Waals surface area contributed by atoms with E-state index in [1.807, 2.05) is 0 Å². The number of benzene rings is 2. The Bertz CT molecular complexity index is 716. The van der Waals surface area contributed by atoms with E-state index < -0.39 is 11.8 Å². The van der Waals surface area contributed by atoms with Crippen molar-refractivity contribution >= 4 is 39.3 Å². The number of carbonyl (C=O) groups excluding carboxylic acids is 2. The molecule has 9 heteroatoms. The normalized spacial score (nSPS) is 9.12. The monoisotopic (exact) mass is 407 g/mol. The average molecular weight is 408 g/mol. The summed E-state index contributed by atoms with van der Waals surface area (Å²) in [6, 6.07) is 14.5. The van der Waals surface area contributed by atoms with Gasteiger partial charge in [0.05, 0.1) is 0 Å². The van der Waals surface area contributed by atoms with E-state index in [1.54, 1.807) is 42.5 Å². The van der Waals surface area contributed by atoms with E-state index in [4.69, 9.17) is 12.2 Å². The molecule has 3 N–H and O–H groups in total. The topological polar surface area (TPSA) is 92.5 Å². The van der Waals surface area contributed by atoms with Crippen molar-refractivity contribution in [2.24, 2.45) is 0 Å². The molecule has 0 aromatic heterocycles. The number of carbonyl (C=O) groups is 2. The van der Waals surface area contributed by atoms with Crippen LogP contribution in [-0.2, 0) is 14.6 Å². The molecule has 2 rings (SSSR count). The van der Waals surface area contributed by atoms with Gasteiger partial charge in [-0.1, -0.05) is 30.3 Å². The van der Waals surface area contributed by atoms with Crippen molar-refractivity contribution in [2.75, 3.05) is 0 Å². The van der Waals surface area contributed by atoms with Gasteiger partial charge in [-0.2, -0.15) is 0 Å². The zero-order valence-corrected chi connectivity index (χ0v) is 14.6. The van der Waals surface area contributed by atoms with E-state index in [0.29, 0.717) is 5.56 Å². The van der Waals surface area contributed by atoms with Crippen LogP contribution in [0.25, 0.3) is 5.43 Å². The summed E-state index contributed by atoms with van der Waals surface area (Å²) in [7, 11) is 4.26. The molecule has 2 aromatic carbocycles. The van der Waals surface area contributed by atoms with Gasteiger partial charge < -0.3 is 20.8 Å². The van der Waals surface area contributed by atoms with Crippen LogP contribution in [0.2, 0.25) is 0 Å². The second kappa shape index (κ2) is 10.6. The van der Waals surface area contributed by atoms with Crippen LogP contribution in [-0.4, -0.2) is 22.0 Å². The standard InChI is InChI=1S/C15H13N3O3S.ClH.Ni/c19-12-9-5-4-8-11(12)14(21)17-18-15(22)16-13(20)10-6-2-1-3-7-10;;/h1-9H,(H4,16,17,18,19,20,21,22);1H;/q;;+1/p-2. The molecule has 0 aliphatic carbocycles. The molecule has 0 aliphatic heterocycles. The van der Waals surface area contributed by atoms with Crippen molar-refractivity contribution in [2.45, 2.75) is 0 Å². The van der Waals surface area contributed by atoms with Gasteiger partial charge in [-0.25, -0.2) is 0 Å². The minimum atomic E-state index is -0.700. The summed E-state index contributed by atoms with van der Waals surface area (Å²) in [6.07, 6.45) is 0. The first-order valence-electron chi connectivity index (χ1n) is 6.39. The van der Waals surface area contributed by atoms with Crippen LogP contribution < -0.4 is 10.7 Å². The van der Waals surface area contributed by atoms with Crippen LogP contribution in [0, 0.1) is 0 Å². The quantitative estimate of drug-likeness (QED) is 0.404. The molecule has 0 heterocycles. The molecule has 0 saturated carbocycles. The maximum absolute atomic E-state index is 11.8. The van der Waals surface area contributed by atoms with Crippen molar-refractivity contribution in [3.63, 3.8) is 0 Å². The van der Waals surface area contributed by atoms with Crippen LogP contribution in [0.1, 0.15) is 20.7 Å². The van der Waals surface area contributed by atoms with Crippen LogP contribution in [0.4, 0.5) is 0 Å². The number of nitrogens with zero attached hydrogens (tertiary/aromatic N) is 1. The molecule has 0 atom stereocenters. The Balaban J connectivity index is 0.00000139. The third-order valence-electron chi connectivity index (χ3n) is 2.66. The maximum atomic E-state index is 11.8.